The largest absolute Gasteiger partial charge is 0.476 e. The summed E-state index contributed by atoms with van der Waals surface area (Å²) in [7, 11) is 0. The molecule has 2 heterocycles. The van der Waals surface area contributed by atoms with Crippen LogP contribution in [0.5, 0.6) is 0 Å². The van der Waals surface area contributed by atoms with Gasteiger partial charge in [-0.15, -0.1) is 11.3 Å². The molecule has 0 spiro atoms. The lowest BCUT2D eigenvalue weighted by molar-refractivity contribution is 0.0690. The molecule has 0 radical (unpaired) electrons. The van der Waals surface area contributed by atoms with Crippen LogP contribution in [-0.2, 0) is 0 Å². The normalized spacial score (nSPS) is 15.3. The van der Waals surface area contributed by atoms with Crippen molar-refractivity contribution < 1.29 is 9.90 Å². The molecule has 0 amide bonds. The molecule has 3 rings (SSSR count). The van der Waals surface area contributed by atoms with Crippen molar-refractivity contribution in [3.8, 4) is 0 Å². The van der Waals surface area contributed by atoms with E-state index in [1.54, 1.807) is 10.6 Å². The highest BCUT2D eigenvalue weighted by Crippen LogP contribution is 2.34. The topological polar surface area (TPSA) is 57.8 Å². The molecular weight excluding hydrogens is 262 g/mol. The maximum Gasteiger partial charge on any atom is 0.356 e. The number of carbonyl (C=O) groups is 1. The standard InChI is InChI=1S/C13H17N3O2S/c1-8(2)16(7-9-3-4-9)11-10(12(17)18)15-5-6-19-13(15)14-11/h5-6,8-9H,3-4,7H2,1-2H3,(H,17,18). The van der Waals surface area contributed by atoms with Crippen molar-refractivity contribution in [1.29, 1.82) is 0 Å². The van der Waals surface area contributed by atoms with Crippen molar-refractivity contribution in [1.82, 2.24) is 9.38 Å². The third-order valence-corrected chi connectivity index (χ3v) is 4.25. The number of carboxylic acid groups (broad SMARTS) is 1. The van der Waals surface area contributed by atoms with Crippen LogP contribution >= 0.6 is 11.3 Å². The molecular formula is C13H17N3O2S. The predicted molar refractivity (Wildman–Crippen MR) is 75.2 cm³/mol. The number of carboxylic acids is 1. The maximum absolute atomic E-state index is 11.5. The van der Waals surface area contributed by atoms with Crippen LogP contribution in [0.1, 0.15) is 37.2 Å². The van der Waals surface area contributed by atoms with E-state index in [1.165, 1.54) is 24.2 Å². The summed E-state index contributed by atoms with van der Waals surface area (Å²) in [4.78, 5) is 18.9. The van der Waals surface area contributed by atoms with Crippen molar-refractivity contribution in [3.05, 3.63) is 17.3 Å². The van der Waals surface area contributed by atoms with Crippen molar-refractivity contribution >= 4 is 28.1 Å². The monoisotopic (exact) mass is 279 g/mol. The minimum atomic E-state index is -0.914. The number of imidazole rings is 1. The van der Waals surface area contributed by atoms with E-state index in [9.17, 15) is 9.90 Å². The molecule has 0 atom stereocenters. The van der Waals surface area contributed by atoms with Gasteiger partial charge >= 0.3 is 5.97 Å². The van der Waals surface area contributed by atoms with Crippen molar-refractivity contribution in [2.24, 2.45) is 5.92 Å². The first-order chi connectivity index (χ1) is 9.08. The molecule has 0 unspecified atom stereocenters. The van der Waals surface area contributed by atoms with Crippen LogP contribution in [0.25, 0.3) is 4.96 Å². The highest BCUT2D eigenvalue weighted by atomic mass is 32.1. The molecule has 19 heavy (non-hydrogen) atoms. The first-order valence-electron chi connectivity index (χ1n) is 6.53. The number of anilines is 1. The summed E-state index contributed by atoms with van der Waals surface area (Å²) in [5.41, 5.74) is 0.283. The van der Waals surface area contributed by atoms with Gasteiger partial charge in [0.15, 0.2) is 16.5 Å². The fourth-order valence-corrected chi connectivity index (χ4v) is 3.00. The summed E-state index contributed by atoms with van der Waals surface area (Å²) in [6.07, 6.45) is 4.26. The molecule has 5 nitrogen and oxygen atoms in total. The minimum absolute atomic E-state index is 0.253. The number of aromatic carboxylic acids is 1. The van der Waals surface area contributed by atoms with Crippen LogP contribution in [0.4, 0.5) is 5.82 Å². The number of hydrogen-bond donors (Lipinski definition) is 1. The minimum Gasteiger partial charge on any atom is -0.476 e. The van der Waals surface area contributed by atoms with Crippen molar-refractivity contribution in [3.63, 3.8) is 0 Å². The third-order valence-electron chi connectivity index (χ3n) is 3.49. The molecule has 1 N–H and O–H groups in total. The molecule has 0 bridgehead atoms. The van der Waals surface area contributed by atoms with Gasteiger partial charge in [-0.1, -0.05) is 0 Å². The van der Waals surface area contributed by atoms with Gasteiger partial charge < -0.3 is 10.0 Å². The molecule has 1 aliphatic carbocycles. The smallest absolute Gasteiger partial charge is 0.356 e. The van der Waals surface area contributed by atoms with Gasteiger partial charge in [-0.05, 0) is 32.6 Å². The number of fused-ring (bicyclic) bond motifs is 1. The van der Waals surface area contributed by atoms with E-state index >= 15 is 0 Å². The average molecular weight is 279 g/mol. The van der Waals surface area contributed by atoms with Gasteiger partial charge in [-0.3, -0.25) is 4.40 Å². The number of aromatic nitrogens is 2. The van der Waals surface area contributed by atoms with Crippen LogP contribution < -0.4 is 4.90 Å². The van der Waals surface area contributed by atoms with E-state index in [0.717, 1.165) is 11.5 Å². The summed E-state index contributed by atoms with van der Waals surface area (Å²) < 4.78 is 1.67. The Morgan fingerprint density at radius 2 is 2.37 bits per heavy atom. The van der Waals surface area contributed by atoms with Crippen LogP contribution in [0.2, 0.25) is 0 Å². The molecule has 6 heteroatoms. The van der Waals surface area contributed by atoms with Crippen LogP contribution in [-0.4, -0.2) is 33.0 Å². The van der Waals surface area contributed by atoms with Crippen molar-refractivity contribution in [2.75, 3.05) is 11.4 Å². The zero-order valence-electron chi connectivity index (χ0n) is 11.0. The molecule has 2 aromatic rings. The summed E-state index contributed by atoms with van der Waals surface area (Å²) in [5.74, 6) is 0.396. The summed E-state index contributed by atoms with van der Waals surface area (Å²) in [5, 5.41) is 11.3. The predicted octanol–water partition coefficient (Wildman–Crippen LogP) is 2.72. The highest BCUT2D eigenvalue weighted by Gasteiger charge is 2.30. The Labute approximate surface area is 115 Å². The van der Waals surface area contributed by atoms with Gasteiger partial charge in [0, 0.05) is 24.2 Å². The van der Waals surface area contributed by atoms with E-state index < -0.39 is 5.97 Å². The quantitative estimate of drug-likeness (QED) is 0.914. The highest BCUT2D eigenvalue weighted by molar-refractivity contribution is 7.15. The number of thiazole rings is 1. The summed E-state index contributed by atoms with van der Waals surface area (Å²) in [6.45, 7) is 5.08. The third kappa shape index (κ3) is 2.20. The van der Waals surface area contributed by atoms with Gasteiger partial charge in [0.25, 0.3) is 0 Å². The van der Waals surface area contributed by atoms with E-state index in [-0.39, 0.29) is 11.7 Å². The Morgan fingerprint density at radius 1 is 1.63 bits per heavy atom. The Balaban J connectivity index is 2.07. The Hall–Kier alpha value is -1.56. The van der Waals surface area contributed by atoms with Crippen LogP contribution in [0.3, 0.4) is 0 Å². The number of hydrogen-bond acceptors (Lipinski definition) is 4. The SMILES string of the molecule is CC(C)N(CC1CC1)c1nc2sccn2c1C(=O)O. The second-order valence-electron chi connectivity index (χ2n) is 5.33. The van der Waals surface area contributed by atoms with Crippen LogP contribution in [0, 0.1) is 5.92 Å². The fourth-order valence-electron chi connectivity index (χ4n) is 2.29. The lowest BCUT2D eigenvalue weighted by Gasteiger charge is -2.27. The second-order valence-corrected chi connectivity index (χ2v) is 6.21. The lowest BCUT2D eigenvalue weighted by Crippen LogP contribution is -2.34. The lowest BCUT2D eigenvalue weighted by atomic mass is 10.2. The fraction of sp³-hybridized carbons (Fsp3) is 0.538. The van der Waals surface area contributed by atoms with E-state index in [2.05, 4.69) is 23.7 Å². The Kier molecular flexibility index (Phi) is 2.97. The molecule has 2 aromatic heterocycles. The first kappa shape index (κ1) is 12.5. The van der Waals surface area contributed by atoms with E-state index in [4.69, 9.17) is 0 Å². The van der Waals surface area contributed by atoms with Gasteiger partial charge in [-0.25, -0.2) is 9.78 Å². The zero-order chi connectivity index (χ0) is 13.6. The molecule has 0 aliphatic heterocycles. The van der Waals surface area contributed by atoms with Crippen molar-refractivity contribution in [2.45, 2.75) is 32.7 Å². The molecule has 0 aromatic carbocycles. The molecule has 0 saturated heterocycles. The number of rotatable bonds is 5. The van der Waals surface area contributed by atoms with Gasteiger partial charge in [0.2, 0.25) is 0 Å². The van der Waals surface area contributed by atoms with Crippen LogP contribution in [0.15, 0.2) is 11.6 Å². The van der Waals surface area contributed by atoms with E-state index in [0.29, 0.717) is 11.7 Å². The first-order valence-corrected chi connectivity index (χ1v) is 7.41. The zero-order valence-corrected chi connectivity index (χ0v) is 11.9. The second kappa shape index (κ2) is 4.52. The van der Waals surface area contributed by atoms with Gasteiger partial charge in [0.05, 0.1) is 0 Å². The Bertz CT molecular complexity index is 612. The average Bonchev–Trinajstić information content (AvgIpc) is 2.91. The summed E-state index contributed by atoms with van der Waals surface area (Å²) >= 11 is 1.47. The van der Waals surface area contributed by atoms with Gasteiger partial charge in [-0.2, -0.15) is 0 Å². The molecule has 1 fully saturated rings. The maximum atomic E-state index is 11.5. The number of nitrogens with zero attached hydrogens (tertiary/aromatic N) is 3. The molecule has 1 aliphatic rings. The molecule has 102 valence electrons. The van der Waals surface area contributed by atoms with E-state index in [1.807, 2.05) is 5.38 Å². The van der Waals surface area contributed by atoms with Gasteiger partial charge in [0.1, 0.15) is 0 Å². The summed E-state index contributed by atoms with van der Waals surface area (Å²) in [6, 6.07) is 0.253. The molecule has 1 saturated carbocycles. The Morgan fingerprint density at radius 3 is 2.95 bits per heavy atom.